The Morgan fingerprint density at radius 1 is 1.23 bits per heavy atom. The van der Waals surface area contributed by atoms with E-state index < -0.39 is 16.3 Å². The molecule has 4 nitrogen and oxygen atoms in total. The largest absolute Gasteiger partial charge is 0.288 e. The molecule has 0 aliphatic heterocycles. The van der Waals surface area contributed by atoms with E-state index in [1.54, 1.807) is 31.2 Å². The van der Waals surface area contributed by atoms with Gasteiger partial charge in [-0.05, 0) is 32.3 Å². The highest BCUT2D eigenvalue weighted by Gasteiger charge is 2.29. The smallest absolute Gasteiger partial charge is 0.273 e. The van der Waals surface area contributed by atoms with Crippen molar-refractivity contribution in [1.82, 2.24) is 3.96 Å². The number of rotatable bonds is 4. The van der Waals surface area contributed by atoms with Crippen molar-refractivity contribution < 1.29 is 9.00 Å². The Morgan fingerprint density at radius 3 is 2.32 bits per heavy atom. The molecule has 2 rings (SSSR count). The van der Waals surface area contributed by atoms with Gasteiger partial charge in [-0.2, -0.15) is 0 Å². The van der Waals surface area contributed by atoms with Gasteiger partial charge in [-0.25, -0.2) is 0 Å². The van der Waals surface area contributed by atoms with Gasteiger partial charge in [0.25, 0.3) is 5.56 Å². The third-order valence-corrected chi connectivity index (χ3v) is 6.31. The van der Waals surface area contributed by atoms with Crippen molar-refractivity contribution in [3.63, 3.8) is 0 Å². The Hall–Kier alpha value is -1.53. The third kappa shape index (κ3) is 3.13. The van der Waals surface area contributed by atoms with E-state index >= 15 is 0 Å². The molecule has 1 aromatic carbocycles. The van der Waals surface area contributed by atoms with Crippen molar-refractivity contribution >= 4 is 28.1 Å². The molecule has 0 spiro atoms. The zero-order valence-corrected chi connectivity index (χ0v) is 14.7. The van der Waals surface area contributed by atoms with Gasteiger partial charge in [-0.3, -0.25) is 17.8 Å². The molecule has 0 fully saturated rings. The fraction of sp³-hybridized carbons (Fsp3) is 0.375. The molecule has 1 unspecified atom stereocenters. The minimum Gasteiger partial charge on any atom is -0.288 e. The fourth-order valence-corrected chi connectivity index (χ4v) is 4.48. The lowest BCUT2D eigenvalue weighted by atomic mass is 10.1. The molecule has 2 aromatic rings. The molecule has 0 amide bonds. The van der Waals surface area contributed by atoms with Gasteiger partial charge in [0.1, 0.15) is 9.77 Å². The summed E-state index contributed by atoms with van der Waals surface area (Å²) in [5.41, 5.74) is -0.328. The van der Waals surface area contributed by atoms with Crippen LogP contribution < -0.4 is 5.56 Å². The maximum atomic E-state index is 12.7. The molecule has 1 aromatic heterocycles. The SMILES string of the molecule is CCS(=O)c1sn(C(C)(C)C)c(=O)c1C(=O)c1ccccc1. The lowest BCUT2D eigenvalue weighted by Gasteiger charge is -2.18. The number of aromatic nitrogens is 1. The first kappa shape index (κ1) is 16.8. The minimum atomic E-state index is -1.34. The molecule has 22 heavy (non-hydrogen) atoms. The molecule has 118 valence electrons. The second kappa shape index (κ2) is 6.30. The van der Waals surface area contributed by atoms with E-state index in [-0.39, 0.29) is 16.9 Å². The van der Waals surface area contributed by atoms with Gasteiger partial charge in [0.2, 0.25) is 5.78 Å². The Balaban J connectivity index is 2.69. The minimum absolute atomic E-state index is 0.0475. The van der Waals surface area contributed by atoms with Crippen molar-refractivity contribution in [2.45, 2.75) is 37.4 Å². The predicted molar refractivity (Wildman–Crippen MR) is 90.4 cm³/mol. The van der Waals surface area contributed by atoms with Crippen molar-refractivity contribution in [2.75, 3.05) is 5.75 Å². The first-order chi connectivity index (χ1) is 10.3. The fourth-order valence-electron chi connectivity index (χ4n) is 2.01. The standard InChI is InChI=1S/C16H19NO3S2/c1-5-22(20)15-12(13(18)11-9-7-6-8-10-11)14(19)17(21-15)16(2,3)4/h6-10H,5H2,1-4H3. The summed E-state index contributed by atoms with van der Waals surface area (Å²) in [5, 5.41) is 0. The van der Waals surface area contributed by atoms with Gasteiger partial charge < -0.3 is 0 Å². The first-order valence-electron chi connectivity index (χ1n) is 7.02. The van der Waals surface area contributed by atoms with Crippen LogP contribution in [0, 0.1) is 0 Å². The van der Waals surface area contributed by atoms with Crippen LogP contribution in [-0.4, -0.2) is 19.7 Å². The monoisotopic (exact) mass is 337 g/mol. The van der Waals surface area contributed by atoms with Crippen molar-refractivity contribution in [1.29, 1.82) is 0 Å². The van der Waals surface area contributed by atoms with Gasteiger partial charge in [0.15, 0.2) is 0 Å². The molecule has 1 heterocycles. The van der Waals surface area contributed by atoms with E-state index in [9.17, 15) is 13.8 Å². The summed E-state index contributed by atoms with van der Waals surface area (Å²) in [7, 11) is -1.34. The topological polar surface area (TPSA) is 56.1 Å². The average Bonchev–Trinajstić information content (AvgIpc) is 2.84. The van der Waals surface area contributed by atoms with Crippen molar-refractivity contribution in [3.05, 3.63) is 51.8 Å². The molecule has 6 heteroatoms. The van der Waals surface area contributed by atoms with Crippen LogP contribution in [0.15, 0.2) is 39.3 Å². The van der Waals surface area contributed by atoms with Gasteiger partial charge in [-0.1, -0.05) is 37.3 Å². The van der Waals surface area contributed by atoms with E-state index in [4.69, 9.17) is 0 Å². The Labute approximate surface area is 136 Å². The summed E-state index contributed by atoms with van der Waals surface area (Å²) in [6.45, 7) is 7.44. The second-order valence-corrected chi connectivity index (χ2v) is 8.74. The predicted octanol–water partition coefficient (Wildman–Crippen LogP) is 3.02. The molecule has 0 radical (unpaired) electrons. The van der Waals surface area contributed by atoms with Crippen LogP contribution in [0.25, 0.3) is 0 Å². The summed E-state index contributed by atoms with van der Waals surface area (Å²) in [6, 6.07) is 8.64. The lowest BCUT2D eigenvalue weighted by Crippen LogP contribution is -2.31. The molecule has 0 aliphatic rings. The molecule has 0 bridgehead atoms. The number of hydrogen-bond donors (Lipinski definition) is 0. The zero-order chi connectivity index (χ0) is 16.5. The summed E-state index contributed by atoms with van der Waals surface area (Å²) < 4.78 is 14.2. The zero-order valence-electron chi connectivity index (χ0n) is 13.1. The second-order valence-electron chi connectivity index (χ2n) is 5.85. The molecule has 0 saturated carbocycles. The van der Waals surface area contributed by atoms with Crippen LogP contribution in [0.2, 0.25) is 0 Å². The van der Waals surface area contributed by atoms with Crippen molar-refractivity contribution in [2.24, 2.45) is 0 Å². The number of benzene rings is 1. The van der Waals surface area contributed by atoms with Gasteiger partial charge in [-0.15, -0.1) is 0 Å². The summed E-state index contributed by atoms with van der Waals surface area (Å²) in [4.78, 5) is 25.4. The highest BCUT2D eigenvalue weighted by atomic mass is 32.2. The number of carbonyl (C=O) groups is 1. The first-order valence-corrected chi connectivity index (χ1v) is 9.11. The molecular weight excluding hydrogens is 318 g/mol. The van der Waals surface area contributed by atoms with Crippen LogP contribution in [0.1, 0.15) is 43.6 Å². The van der Waals surface area contributed by atoms with Gasteiger partial charge in [0, 0.05) is 11.3 Å². The van der Waals surface area contributed by atoms with E-state index in [2.05, 4.69) is 0 Å². The maximum Gasteiger partial charge on any atom is 0.273 e. The quantitative estimate of drug-likeness (QED) is 0.806. The van der Waals surface area contributed by atoms with E-state index in [0.29, 0.717) is 15.5 Å². The van der Waals surface area contributed by atoms with Crippen LogP contribution in [0.4, 0.5) is 0 Å². The van der Waals surface area contributed by atoms with Crippen LogP contribution in [0.3, 0.4) is 0 Å². The van der Waals surface area contributed by atoms with E-state index in [1.165, 1.54) is 3.96 Å². The molecule has 0 aliphatic carbocycles. The van der Waals surface area contributed by atoms with E-state index in [0.717, 1.165) is 11.5 Å². The van der Waals surface area contributed by atoms with Crippen LogP contribution in [0.5, 0.6) is 0 Å². The number of hydrogen-bond acceptors (Lipinski definition) is 4. The number of carbonyl (C=O) groups excluding carboxylic acids is 1. The summed E-state index contributed by atoms with van der Waals surface area (Å²) >= 11 is 1.13. The molecular formula is C16H19NO3S2. The third-order valence-electron chi connectivity index (χ3n) is 3.12. The average molecular weight is 337 g/mol. The molecule has 1 atom stereocenters. The highest BCUT2D eigenvalue weighted by molar-refractivity contribution is 7.87. The van der Waals surface area contributed by atoms with Gasteiger partial charge >= 0.3 is 0 Å². The highest BCUT2D eigenvalue weighted by Crippen LogP contribution is 2.25. The molecule has 0 N–H and O–H groups in total. The number of nitrogens with zero attached hydrogens (tertiary/aromatic N) is 1. The van der Waals surface area contributed by atoms with Crippen LogP contribution in [-0.2, 0) is 16.3 Å². The summed E-state index contributed by atoms with van der Waals surface area (Å²) in [6.07, 6.45) is 0. The summed E-state index contributed by atoms with van der Waals surface area (Å²) in [5.74, 6) is 0.0146. The Kier molecular flexibility index (Phi) is 4.82. The maximum absolute atomic E-state index is 12.7. The van der Waals surface area contributed by atoms with E-state index in [1.807, 2.05) is 26.8 Å². The van der Waals surface area contributed by atoms with Crippen molar-refractivity contribution in [3.8, 4) is 0 Å². The van der Waals surface area contributed by atoms with Gasteiger partial charge in [0.05, 0.1) is 16.3 Å². The normalized spacial score (nSPS) is 13.1. The lowest BCUT2D eigenvalue weighted by molar-refractivity contribution is 0.103. The van der Waals surface area contributed by atoms with Crippen LogP contribution >= 0.6 is 11.5 Å². The Bertz CT molecular complexity index is 767. The molecule has 0 saturated heterocycles. The Morgan fingerprint density at radius 2 is 1.82 bits per heavy atom. The number of ketones is 1.